The highest BCUT2D eigenvalue weighted by molar-refractivity contribution is 7.99. The molecule has 1 unspecified atom stereocenters. The Morgan fingerprint density at radius 3 is 2.78 bits per heavy atom. The van der Waals surface area contributed by atoms with Crippen LogP contribution in [0.15, 0.2) is 53.8 Å². The van der Waals surface area contributed by atoms with E-state index in [9.17, 15) is 4.79 Å². The summed E-state index contributed by atoms with van der Waals surface area (Å²) in [5.74, 6) is 2.66. The van der Waals surface area contributed by atoms with Gasteiger partial charge in [-0.25, -0.2) is 4.98 Å². The lowest BCUT2D eigenvalue weighted by Gasteiger charge is -2.26. The summed E-state index contributed by atoms with van der Waals surface area (Å²) < 4.78 is 19.1. The molecule has 3 heterocycles. The van der Waals surface area contributed by atoms with Crippen molar-refractivity contribution in [2.24, 2.45) is 0 Å². The predicted molar refractivity (Wildman–Crippen MR) is 122 cm³/mol. The molecule has 7 nitrogen and oxygen atoms in total. The number of benzene rings is 2. The van der Waals surface area contributed by atoms with Gasteiger partial charge in [0.05, 0.1) is 30.3 Å². The largest absolute Gasteiger partial charge is 0.493 e. The van der Waals surface area contributed by atoms with Crippen molar-refractivity contribution < 1.29 is 19.0 Å². The number of thioether (sulfide) groups is 1. The van der Waals surface area contributed by atoms with Crippen LogP contribution in [-0.4, -0.2) is 41.0 Å². The third-order valence-electron chi connectivity index (χ3n) is 5.60. The summed E-state index contributed by atoms with van der Waals surface area (Å²) in [4.78, 5) is 17.3. The molecule has 1 aromatic heterocycles. The standard InChI is InChI=1S/C24H25N3O4S/c1-2-27-19(16-7-8-21-22(13-16)31-12-11-30-21)14-25-24(27)32-15-23(28)26-18-9-10-29-20-6-4-3-5-17(18)20/h3-8,13-14,18H,2,9-12,15H2,1H3,(H,26,28). The number of para-hydroxylation sites is 1. The van der Waals surface area contributed by atoms with Crippen molar-refractivity contribution in [3.8, 4) is 28.5 Å². The summed E-state index contributed by atoms with van der Waals surface area (Å²) in [6, 6.07) is 13.8. The fourth-order valence-corrected chi connectivity index (χ4v) is 4.92. The summed E-state index contributed by atoms with van der Waals surface area (Å²) in [5, 5.41) is 3.97. The molecule has 8 heteroatoms. The van der Waals surface area contributed by atoms with Gasteiger partial charge in [0.1, 0.15) is 19.0 Å². The lowest BCUT2D eigenvalue weighted by molar-refractivity contribution is -0.119. The monoisotopic (exact) mass is 451 g/mol. The zero-order valence-corrected chi connectivity index (χ0v) is 18.7. The average Bonchev–Trinajstić information content (AvgIpc) is 3.25. The summed E-state index contributed by atoms with van der Waals surface area (Å²) in [7, 11) is 0. The first kappa shape index (κ1) is 20.8. The molecule has 1 amide bonds. The molecule has 2 aliphatic rings. The smallest absolute Gasteiger partial charge is 0.230 e. The molecular weight excluding hydrogens is 426 g/mol. The number of hydrogen-bond acceptors (Lipinski definition) is 6. The van der Waals surface area contributed by atoms with E-state index in [-0.39, 0.29) is 11.9 Å². The first-order valence-electron chi connectivity index (χ1n) is 10.8. The third kappa shape index (κ3) is 4.14. The van der Waals surface area contributed by atoms with Crippen molar-refractivity contribution in [3.63, 3.8) is 0 Å². The van der Waals surface area contributed by atoms with E-state index in [0.717, 1.165) is 52.2 Å². The Hall–Kier alpha value is -3.13. The molecular formula is C24H25N3O4S. The number of nitrogens with zero attached hydrogens (tertiary/aromatic N) is 2. The molecule has 0 bridgehead atoms. The number of ether oxygens (including phenoxy) is 3. The number of imidazole rings is 1. The summed E-state index contributed by atoms with van der Waals surface area (Å²) in [5.41, 5.74) is 3.04. The average molecular weight is 452 g/mol. The molecule has 3 aromatic rings. The maximum atomic E-state index is 12.7. The molecule has 0 radical (unpaired) electrons. The van der Waals surface area contributed by atoms with Crippen molar-refractivity contribution in [2.75, 3.05) is 25.6 Å². The summed E-state index contributed by atoms with van der Waals surface area (Å²) in [6.45, 7) is 4.56. The van der Waals surface area contributed by atoms with Crippen LogP contribution in [0, 0.1) is 0 Å². The normalized spacial score (nSPS) is 16.7. The fraction of sp³-hybridized carbons (Fsp3) is 0.333. The number of nitrogens with one attached hydrogen (secondary N) is 1. The zero-order valence-electron chi connectivity index (χ0n) is 17.9. The van der Waals surface area contributed by atoms with Gasteiger partial charge in [0.25, 0.3) is 0 Å². The fourth-order valence-electron chi connectivity index (χ4n) is 4.07. The van der Waals surface area contributed by atoms with Gasteiger partial charge in [-0.1, -0.05) is 30.0 Å². The van der Waals surface area contributed by atoms with Crippen LogP contribution >= 0.6 is 11.8 Å². The Morgan fingerprint density at radius 1 is 1.09 bits per heavy atom. The Bertz CT molecular complexity index is 1130. The van der Waals surface area contributed by atoms with Crippen LogP contribution in [0.2, 0.25) is 0 Å². The van der Waals surface area contributed by atoms with Gasteiger partial charge in [-0.3, -0.25) is 4.79 Å². The molecule has 1 N–H and O–H groups in total. The molecule has 1 atom stereocenters. The molecule has 0 saturated heterocycles. The van der Waals surface area contributed by atoms with E-state index in [1.165, 1.54) is 11.8 Å². The Kier molecular flexibility index (Phi) is 5.94. The Morgan fingerprint density at radius 2 is 1.91 bits per heavy atom. The maximum Gasteiger partial charge on any atom is 0.230 e. The van der Waals surface area contributed by atoms with E-state index >= 15 is 0 Å². The Labute approximate surface area is 191 Å². The molecule has 5 rings (SSSR count). The van der Waals surface area contributed by atoms with Gasteiger partial charge < -0.3 is 24.1 Å². The van der Waals surface area contributed by atoms with Gasteiger partial charge >= 0.3 is 0 Å². The molecule has 0 saturated carbocycles. The second kappa shape index (κ2) is 9.16. The predicted octanol–water partition coefficient (Wildman–Crippen LogP) is 4.07. The van der Waals surface area contributed by atoms with E-state index in [0.29, 0.717) is 25.6 Å². The second-order valence-electron chi connectivity index (χ2n) is 7.61. The van der Waals surface area contributed by atoms with E-state index in [1.54, 1.807) is 0 Å². The first-order valence-corrected chi connectivity index (χ1v) is 11.8. The highest BCUT2D eigenvalue weighted by atomic mass is 32.2. The highest BCUT2D eigenvalue weighted by Gasteiger charge is 2.23. The number of fused-ring (bicyclic) bond motifs is 2. The van der Waals surface area contributed by atoms with Crippen molar-refractivity contribution in [1.29, 1.82) is 0 Å². The second-order valence-corrected chi connectivity index (χ2v) is 8.55. The van der Waals surface area contributed by atoms with Crippen molar-refractivity contribution in [3.05, 3.63) is 54.2 Å². The van der Waals surface area contributed by atoms with Gasteiger partial charge in [0, 0.05) is 24.1 Å². The third-order valence-corrected chi connectivity index (χ3v) is 6.59. The summed E-state index contributed by atoms with van der Waals surface area (Å²) >= 11 is 1.45. The van der Waals surface area contributed by atoms with Gasteiger partial charge in [-0.05, 0) is 31.2 Å². The van der Waals surface area contributed by atoms with Gasteiger partial charge in [-0.15, -0.1) is 0 Å². The minimum Gasteiger partial charge on any atom is -0.493 e. The molecule has 0 aliphatic carbocycles. The molecule has 32 heavy (non-hydrogen) atoms. The van der Waals surface area contributed by atoms with Gasteiger partial charge in [-0.2, -0.15) is 0 Å². The number of carbonyl (C=O) groups is 1. The minimum atomic E-state index is -0.0211. The van der Waals surface area contributed by atoms with Crippen LogP contribution < -0.4 is 19.5 Å². The van der Waals surface area contributed by atoms with Gasteiger partial charge in [0.2, 0.25) is 5.91 Å². The van der Waals surface area contributed by atoms with Crippen LogP contribution in [0.5, 0.6) is 17.2 Å². The number of aromatic nitrogens is 2. The number of hydrogen-bond donors (Lipinski definition) is 1. The molecule has 0 fully saturated rings. The topological polar surface area (TPSA) is 74.6 Å². The van der Waals surface area contributed by atoms with Crippen LogP contribution in [0.1, 0.15) is 24.9 Å². The first-order chi connectivity index (χ1) is 15.7. The molecule has 0 spiro atoms. The zero-order chi connectivity index (χ0) is 21.9. The van der Waals surface area contributed by atoms with E-state index in [4.69, 9.17) is 14.2 Å². The van der Waals surface area contributed by atoms with Crippen molar-refractivity contribution in [2.45, 2.75) is 31.1 Å². The molecule has 2 aliphatic heterocycles. The number of amides is 1. The molecule has 166 valence electrons. The van der Waals surface area contributed by atoms with Crippen LogP contribution in [-0.2, 0) is 11.3 Å². The lowest BCUT2D eigenvalue weighted by Crippen LogP contribution is -2.33. The summed E-state index contributed by atoms with van der Waals surface area (Å²) in [6.07, 6.45) is 2.62. The molecule has 2 aromatic carbocycles. The van der Waals surface area contributed by atoms with E-state index in [2.05, 4.69) is 21.8 Å². The van der Waals surface area contributed by atoms with Crippen molar-refractivity contribution in [1.82, 2.24) is 14.9 Å². The number of carbonyl (C=O) groups excluding carboxylic acids is 1. The van der Waals surface area contributed by atoms with Crippen molar-refractivity contribution >= 4 is 17.7 Å². The Balaban J connectivity index is 1.27. The van der Waals surface area contributed by atoms with Crippen LogP contribution in [0.4, 0.5) is 0 Å². The van der Waals surface area contributed by atoms with Crippen LogP contribution in [0.25, 0.3) is 11.3 Å². The number of rotatable bonds is 6. The minimum absolute atomic E-state index is 0.0109. The van der Waals surface area contributed by atoms with E-state index in [1.807, 2.05) is 48.7 Å². The van der Waals surface area contributed by atoms with Gasteiger partial charge in [0.15, 0.2) is 16.7 Å². The quantitative estimate of drug-likeness (QED) is 0.570. The SMILES string of the molecule is CCn1c(-c2ccc3c(c2)OCCO3)cnc1SCC(=O)NC1CCOc2ccccc21. The maximum absolute atomic E-state index is 12.7. The lowest BCUT2D eigenvalue weighted by atomic mass is 10.0. The highest BCUT2D eigenvalue weighted by Crippen LogP contribution is 2.36. The van der Waals surface area contributed by atoms with E-state index < -0.39 is 0 Å². The van der Waals surface area contributed by atoms with Crippen LogP contribution in [0.3, 0.4) is 0 Å².